The summed E-state index contributed by atoms with van der Waals surface area (Å²) in [5.74, 6) is 0. The van der Waals surface area contributed by atoms with Crippen molar-refractivity contribution in [3.8, 4) is 0 Å². The molecule has 2 rings (SSSR count). The predicted molar refractivity (Wildman–Crippen MR) is 100.0 cm³/mol. The van der Waals surface area contributed by atoms with Crippen LogP contribution in [0, 0.1) is 27.7 Å². The fourth-order valence-corrected chi connectivity index (χ4v) is 2.82. The van der Waals surface area contributed by atoms with E-state index in [1.54, 1.807) is 0 Å². The molecule has 0 aromatic heterocycles. The van der Waals surface area contributed by atoms with Crippen molar-refractivity contribution in [2.45, 2.75) is 39.8 Å². The van der Waals surface area contributed by atoms with Crippen LogP contribution in [0.2, 0.25) is 0 Å². The molecule has 0 amide bonds. The third kappa shape index (κ3) is 7.92. The normalized spacial score (nSPS) is 13.6. The molecule has 0 aliphatic heterocycles. The Labute approximate surface area is 148 Å². The van der Waals surface area contributed by atoms with Crippen molar-refractivity contribution in [1.29, 1.82) is 0 Å². The Morgan fingerprint density at radius 2 is 0.880 bits per heavy atom. The number of hydrogen-bond acceptors (Lipinski definition) is 3. The lowest BCUT2D eigenvalue weighted by Gasteiger charge is -2.22. The van der Waals surface area contributed by atoms with Crippen LogP contribution >= 0.6 is 7.82 Å². The number of aryl methyl sites for hydroxylation is 4. The molecule has 138 valence electrons. The van der Waals surface area contributed by atoms with Gasteiger partial charge in [0, 0.05) is 12.1 Å². The van der Waals surface area contributed by atoms with E-state index >= 15 is 0 Å². The maximum Gasteiger partial charge on any atom is 0.466 e. The molecule has 0 saturated carbocycles. The zero-order valence-corrected chi connectivity index (χ0v) is 15.9. The van der Waals surface area contributed by atoms with Crippen LogP contribution in [0.1, 0.15) is 45.5 Å². The number of rotatable bonds is 3. The fraction of sp³-hybridized carbons (Fsp3) is 0.333. The summed E-state index contributed by atoms with van der Waals surface area (Å²) in [4.78, 5) is 21.6. The van der Waals surface area contributed by atoms with Crippen LogP contribution in [-0.4, -0.2) is 14.7 Å². The molecule has 0 heterocycles. The summed E-state index contributed by atoms with van der Waals surface area (Å²) in [6.45, 7) is 8.36. The van der Waals surface area contributed by atoms with Gasteiger partial charge in [0.1, 0.15) is 0 Å². The van der Waals surface area contributed by atoms with Crippen LogP contribution in [0.3, 0.4) is 0 Å². The van der Waals surface area contributed by atoms with Crippen LogP contribution in [0.15, 0.2) is 36.4 Å². The Morgan fingerprint density at radius 3 is 1.08 bits per heavy atom. The quantitative estimate of drug-likeness (QED) is 0.531. The van der Waals surface area contributed by atoms with Crippen molar-refractivity contribution in [1.82, 2.24) is 0 Å². The van der Waals surface area contributed by atoms with E-state index in [0.717, 1.165) is 11.1 Å². The summed E-state index contributed by atoms with van der Waals surface area (Å²) in [7, 11) is -4.64. The minimum Gasteiger partial charge on any atom is -0.322 e. The molecule has 0 aliphatic carbocycles. The van der Waals surface area contributed by atoms with Gasteiger partial charge in [-0.05, 0) is 38.8 Å². The monoisotopic (exact) mass is 366 g/mol. The van der Waals surface area contributed by atoms with Crippen molar-refractivity contribution in [3.63, 3.8) is 0 Å². The van der Waals surface area contributed by atoms with Gasteiger partial charge in [0.2, 0.25) is 0 Å². The molecular formula is C18H27N2O4P. The Hall–Kier alpha value is -1.53. The van der Waals surface area contributed by atoms with Gasteiger partial charge in [-0.3, -0.25) is 0 Å². The number of nitrogens with two attached hydrogens (primary N) is 2. The Morgan fingerprint density at radius 1 is 0.680 bits per heavy atom. The van der Waals surface area contributed by atoms with E-state index in [1.165, 1.54) is 22.3 Å². The fourth-order valence-electron chi connectivity index (χ4n) is 2.82. The molecule has 0 aliphatic rings. The number of hydrogen-bond donors (Lipinski definition) is 5. The molecule has 7 heteroatoms. The molecule has 25 heavy (non-hydrogen) atoms. The minimum atomic E-state index is -4.64. The van der Waals surface area contributed by atoms with Gasteiger partial charge < -0.3 is 26.1 Å². The van der Waals surface area contributed by atoms with Crippen LogP contribution in [0.5, 0.6) is 0 Å². The zero-order valence-electron chi connectivity index (χ0n) is 15.0. The maximum absolute atomic E-state index is 8.88. The van der Waals surface area contributed by atoms with Crippen molar-refractivity contribution in [2.24, 2.45) is 11.5 Å². The van der Waals surface area contributed by atoms with E-state index in [0.29, 0.717) is 0 Å². The Kier molecular flexibility index (Phi) is 7.50. The largest absolute Gasteiger partial charge is 0.466 e. The maximum atomic E-state index is 8.88. The molecule has 0 radical (unpaired) electrons. The summed E-state index contributed by atoms with van der Waals surface area (Å²) in [5, 5.41) is 0. The lowest BCUT2D eigenvalue weighted by molar-refractivity contribution is 0.275. The first-order chi connectivity index (χ1) is 11.4. The third-order valence-corrected chi connectivity index (χ3v) is 3.64. The second-order valence-electron chi connectivity index (χ2n) is 6.41. The van der Waals surface area contributed by atoms with Gasteiger partial charge >= 0.3 is 7.82 Å². The van der Waals surface area contributed by atoms with E-state index < -0.39 is 7.82 Å². The van der Waals surface area contributed by atoms with E-state index in [-0.39, 0.29) is 12.1 Å². The first-order valence-corrected chi connectivity index (χ1v) is 9.39. The molecule has 7 N–H and O–H groups in total. The van der Waals surface area contributed by atoms with Gasteiger partial charge in [0.05, 0.1) is 0 Å². The van der Waals surface area contributed by atoms with Gasteiger partial charge in [-0.1, -0.05) is 58.7 Å². The second-order valence-corrected chi connectivity index (χ2v) is 7.43. The summed E-state index contributed by atoms with van der Waals surface area (Å²) in [6.07, 6.45) is 0. The predicted octanol–water partition coefficient (Wildman–Crippen LogP) is 2.69. The summed E-state index contributed by atoms with van der Waals surface area (Å²) in [6, 6.07) is 12.4. The standard InChI is InChI=1S/C18H24N2.H3O4P/c1-11-5-12(2)8-15(7-11)17(19)18(20)16-9-13(3)6-14(4)10-16;1-5(2,3)4/h5-10,17-18H,19-20H2,1-4H3;(H3,1,2,3,4)/t17-,18-;/m1./s1. The zero-order chi connectivity index (χ0) is 19.4. The second kappa shape index (κ2) is 8.72. The molecule has 2 aromatic rings. The van der Waals surface area contributed by atoms with Crippen molar-refractivity contribution in [2.75, 3.05) is 0 Å². The van der Waals surface area contributed by atoms with Crippen molar-refractivity contribution in [3.05, 3.63) is 69.8 Å². The average Bonchev–Trinajstić information content (AvgIpc) is 2.41. The highest BCUT2D eigenvalue weighted by Gasteiger charge is 2.18. The summed E-state index contributed by atoms with van der Waals surface area (Å²) < 4.78 is 8.88. The number of benzene rings is 2. The lowest BCUT2D eigenvalue weighted by Crippen LogP contribution is -2.26. The van der Waals surface area contributed by atoms with E-state index in [2.05, 4.69) is 64.1 Å². The number of phosphoric acid groups is 1. The smallest absolute Gasteiger partial charge is 0.322 e. The molecule has 0 unspecified atom stereocenters. The highest BCUT2D eigenvalue weighted by molar-refractivity contribution is 7.45. The SMILES string of the molecule is Cc1cc(C)cc([C@@H](N)[C@H](N)c2cc(C)cc(C)c2)c1.O=P(O)(O)O. The molecule has 0 fully saturated rings. The molecular weight excluding hydrogens is 339 g/mol. The van der Waals surface area contributed by atoms with E-state index in [1.807, 2.05) is 0 Å². The van der Waals surface area contributed by atoms with E-state index in [9.17, 15) is 0 Å². The lowest BCUT2D eigenvalue weighted by atomic mass is 9.91. The van der Waals surface area contributed by atoms with Gasteiger partial charge in [-0.25, -0.2) is 4.57 Å². The average molecular weight is 366 g/mol. The minimum absolute atomic E-state index is 0.185. The van der Waals surface area contributed by atoms with Gasteiger partial charge in [-0.15, -0.1) is 0 Å². The summed E-state index contributed by atoms with van der Waals surface area (Å²) in [5.41, 5.74) is 19.9. The highest BCUT2D eigenvalue weighted by atomic mass is 31.2. The van der Waals surface area contributed by atoms with Gasteiger partial charge in [-0.2, -0.15) is 0 Å². The molecule has 0 spiro atoms. The Bertz CT molecular complexity index is 669. The van der Waals surface area contributed by atoms with Crippen molar-refractivity contribution >= 4 is 7.82 Å². The van der Waals surface area contributed by atoms with Crippen LogP contribution in [-0.2, 0) is 4.57 Å². The van der Waals surface area contributed by atoms with Gasteiger partial charge in [0.25, 0.3) is 0 Å². The molecule has 2 atom stereocenters. The van der Waals surface area contributed by atoms with Crippen LogP contribution in [0.4, 0.5) is 0 Å². The molecule has 0 bridgehead atoms. The Balaban J connectivity index is 0.000000550. The topological polar surface area (TPSA) is 130 Å². The molecule has 6 nitrogen and oxygen atoms in total. The highest BCUT2D eigenvalue weighted by Crippen LogP contribution is 2.27. The first-order valence-electron chi connectivity index (χ1n) is 7.82. The van der Waals surface area contributed by atoms with Gasteiger partial charge in [0.15, 0.2) is 0 Å². The van der Waals surface area contributed by atoms with Crippen LogP contribution in [0.25, 0.3) is 0 Å². The molecule has 2 aromatic carbocycles. The van der Waals surface area contributed by atoms with E-state index in [4.69, 9.17) is 30.7 Å². The van der Waals surface area contributed by atoms with Crippen molar-refractivity contribution < 1.29 is 19.2 Å². The molecule has 0 saturated heterocycles. The first kappa shape index (κ1) is 21.5. The third-order valence-electron chi connectivity index (χ3n) is 3.64. The van der Waals surface area contributed by atoms with Crippen LogP contribution < -0.4 is 11.5 Å². The summed E-state index contributed by atoms with van der Waals surface area (Å²) >= 11 is 0.